The van der Waals surface area contributed by atoms with Crippen molar-refractivity contribution in [3.8, 4) is 0 Å². The molecule has 0 spiro atoms. The number of para-hydroxylation sites is 2. The molecule has 1 aromatic heterocycles. The van der Waals surface area contributed by atoms with Crippen molar-refractivity contribution in [1.82, 2.24) is 9.97 Å². The maximum Gasteiger partial charge on any atom is 0.0576 e. The lowest BCUT2D eigenvalue weighted by Crippen LogP contribution is -2.19. The van der Waals surface area contributed by atoms with E-state index in [2.05, 4.69) is 32.7 Å². The van der Waals surface area contributed by atoms with Crippen LogP contribution in [0.3, 0.4) is 0 Å². The summed E-state index contributed by atoms with van der Waals surface area (Å²) in [6, 6.07) is 8.25. The third-order valence-electron chi connectivity index (χ3n) is 2.16. The lowest BCUT2D eigenvalue weighted by molar-refractivity contribution is 1.05. The summed E-state index contributed by atoms with van der Waals surface area (Å²) in [5.41, 5.74) is 2.43. The number of nitrogens with zero attached hydrogens (tertiary/aromatic N) is 2. The average Bonchev–Trinajstić information content (AvgIpc) is 2.42. The van der Waals surface area contributed by atoms with Crippen LogP contribution in [0.15, 0.2) is 49.1 Å². The zero-order valence-corrected chi connectivity index (χ0v) is 8.93. The molecule has 4 heteroatoms. The summed E-state index contributed by atoms with van der Waals surface area (Å²) in [6.07, 6.45) is 6.56. The lowest BCUT2D eigenvalue weighted by Gasteiger charge is -2.18. The van der Waals surface area contributed by atoms with Crippen LogP contribution in [0.4, 0.5) is 11.4 Å². The molecular weight excluding hydrogens is 200 g/mol. The highest BCUT2D eigenvalue weighted by atomic mass is 15.0. The smallest absolute Gasteiger partial charge is 0.0576 e. The van der Waals surface area contributed by atoms with Crippen molar-refractivity contribution in [2.45, 2.75) is 0 Å². The number of nitrogens with one attached hydrogen (secondary N) is 2. The zero-order chi connectivity index (χ0) is 11.1. The third kappa shape index (κ3) is 2.95. The fraction of sp³-hybridized carbons (Fsp3) is 0.167. The van der Waals surface area contributed by atoms with Gasteiger partial charge in [-0.1, -0.05) is 12.1 Å². The van der Waals surface area contributed by atoms with E-state index in [0.717, 1.165) is 13.1 Å². The third-order valence-corrected chi connectivity index (χ3v) is 2.16. The van der Waals surface area contributed by atoms with E-state index in [1.54, 1.807) is 24.8 Å². The van der Waals surface area contributed by atoms with Gasteiger partial charge in [0.2, 0.25) is 0 Å². The molecule has 0 bridgehead atoms. The van der Waals surface area contributed by atoms with E-state index in [1.165, 1.54) is 11.4 Å². The first-order valence-corrected chi connectivity index (χ1v) is 5.23. The van der Waals surface area contributed by atoms with Gasteiger partial charge in [0.1, 0.15) is 0 Å². The Morgan fingerprint density at radius 1 is 0.750 bits per heavy atom. The van der Waals surface area contributed by atoms with Crippen LogP contribution < -0.4 is 10.6 Å². The highest BCUT2D eigenvalue weighted by molar-refractivity contribution is 5.70. The molecule has 0 aliphatic carbocycles. The van der Waals surface area contributed by atoms with E-state index in [1.807, 2.05) is 12.1 Å². The molecule has 2 N–H and O–H groups in total. The van der Waals surface area contributed by atoms with Gasteiger partial charge in [-0.2, -0.15) is 0 Å². The van der Waals surface area contributed by atoms with E-state index in [-0.39, 0.29) is 0 Å². The number of anilines is 2. The molecule has 3 rings (SSSR count). The lowest BCUT2D eigenvalue weighted by atomic mass is 10.2. The number of hydrogen-bond acceptors (Lipinski definition) is 4. The van der Waals surface area contributed by atoms with Gasteiger partial charge < -0.3 is 10.6 Å². The molecule has 0 saturated carbocycles. The molecule has 1 aliphatic rings. The number of hydrogen-bond donors (Lipinski definition) is 2. The van der Waals surface area contributed by atoms with Crippen LogP contribution >= 0.6 is 0 Å². The molecule has 1 aliphatic heterocycles. The fourth-order valence-corrected chi connectivity index (χ4v) is 1.44. The first kappa shape index (κ1) is 10.4. The summed E-state index contributed by atoms with van der Waals surface area (Å²) in [4.78, 5) is 7.44. The molecule has 0 saturated heterocycles. The summed E-state index contributed by atoms with van der Waals surface area (Å²) in [7, 11) is 0. The topological polar surface area (TPSA) is 49.8 Å². The first-order valence-electron chi connectivity index (χ1n) is 5.23. The van der Waals surface area contributed by atoms with Crippen LogP contribution in [-0.2, 0) is 0 Å². The maximum absolute atomic E-state index is 3.72. The van der Waals surface area contributed by atoms with Gasteiger partial charge in [0, 0.05) is 37.9 Å². The summed E-state index contributed by atoms with van der Waals surface area (Å²) in [5, 5.41) is 6.60. The van der Waals surface area contributed by atoms with Crippen LogP contribution in [0.25, 0.3) is 0 Å². The minimum Gasteiger partial charge on any atom is -0.382 e. The molecule has 0 atom stereocenters. The van der Waals surface area contributed by atoms with Crippen LogP contribution in [0.2, 0.25) is 0 Å². The van der Waals surface area contributed by atoms with E-state index >= 15 is 0 Å². The SMILES string of the molecule is c1ccc2c(c1)NCCN2.c1cnccn1. The Labute approximate surface area is 94.8 Å². The molecule has 0 unspecified atom stereocenters. The van der Waals surface area contributed by atoms with E-state index in [0.29, 0.717) is 0 Å². The Hall–Kier alpha value is -2.10. The predicted octanol–water partition coefficient (Wildman–Crippen LogP) is 2.00. The van der Waals surface area contributed by atoms with Crippen molar-refractivity contribution in [1.29, 1.82) is 0 Å². The Morgan fingerprint density at radius 2 is 1.19 bits per heavy atom. The predicted molar refractivity (Wildman–Crippen MR) is 65.5 cm³/mol. The standard InChI is InChI=1S/C8H10N2.C4H4N2/c1-2-4-8-7(3-1)9-5-6-10-8;1-2-6-4-3-5-1/h1-4,9-10H,5-6H2;1-4H. The van der Waals surface area contributed by atoms with Gasteiger partial charge in [-0.3, -0.25) is 9.97 Å². The molecule has 0 amide bonds. The number of fused-ring (bicyclic) bond motifs is 1. The number of rotatable bonds is 0. The molecule has 2 heterocycles. The number of benzene rings is 1. The van der Waals surface area contributed by atoms with Gasteiger partial charge in [0.25, 0.3) is 0 Å². The van der Waals surface area contributed by atoms with Crippen LogP contribution in [-0.4, -0.2) is 23.1 Å². The minimum atomic E-state index is 1.02. The van der Waals surface area contributed by atoms with Gasteiger partial charge in [0.15, 0.2) is 0 Å². The van der Waals surface area contributed by atoms with Crippen molar-refractivity contribution in [2.24, 2.45) is 0 Å². The Morgan fingerprint density at radius 3 is 1.56 bits per heavy atom. The van der Waals surface area contributed by atoms with E-state index in [4.69, 9.17) is 0 Å². The van der Waals surface area contributed by atoms with Crippen molar-refractivity contribution in [3.05, 3.63) is 49.1 Å². The van der Waals surface area contributed by atoms with Crippen LogP contribution in [0, 0.1) is 0 Å². The van der Waals surface area contributed by atoms with Gasteiger partial charge in [-0.15, -0.1) is 0 Å². The van der Waals surface area contributed by atoms with E-state index < -0.39 is 0 Å². The Kier molecular flexibility index (Phi) is 3.71. The quantitative estimate of drug-likeness (QED) is 0.704. The molecule has 4 nitrogen and oxygen atoms in total. The molecule has 1 aromatic carbocycles. The highest BCUT2D eigenvalue weighted by Gasteiger charge is 2.03. The second-order valence-corrected chi connectivity index (χ2v) is 3.29. The Bertz CT molecular complexity index is 365. The zero-order valence-electron chi connectivity index (χ0n) is 8.93. The molecular formula is C12H14N4. The van der Waals surface area contributed by atoms with Crippen LogP contribution in [0.1, 0.15) is 0 Å². The van der Waals surface area contributed by atoms with E-state index in [9.17, 15) is 0 Å². The number of aromatic nitrogens is 2. The molecule has 2 aromatic rings. The van der Waals surface area contributed by atoms with Gasteiger partial charge >= 0.3 is 0 Å². The molecule has 0 radical (unpaired) electrons. The van der Waals surface area contributed by atoms with Crippen molar-refractivity contribution < 1.29 is 0 Å². The summed E-state index contributed by atoms with van der Waals surface area (Å²) in [6.45, 7) is 2.05. The van der Waals surface area contributed by atoms with Crippen molar-refractivity contribution in [2.75, 3.05) is 23.7 Å². The second-order valence-electron chi connectivity index (χ2n) is 3.29. The summed E-state index contributed by atoms with van der Waals surface area (Å²) >= 11 is 0. The normalized spacial score (nSPS) is 12.2. The monoisotopic (exact) mass is 214 g/mol. The minimum absolute atomic E-state index is 1.02. The molecule has 0 fully saturated rings. The van der Waals surface area contributed by atoms with Crippen molar-refractivity contribution >= 4 is 11.4 Å². The first-order chi connectivity index (χ1) is 7.97. The van der Waals surface area contributed by atoms with Crippen LogP contribution in [0.5, 0.6) is 0 Å². The van der Waals surface area contributed by atoms with Gasteiger partial charge in [-0.25, -0.2) is 0 Å². The average molecular weight is 214 g/mol. The largest absolute Gasteiger partial charge is 0.382 e. The van der Waals surface area contributed by atoms with Gasteiger partial charge in [0.05, 0.1) is 11.4 Å². The fourth-order valence-electron chi connectivity index (χ4n) is 1.44. The molecule has 82 valence electrons. The summed E-state index contributed by atoms with van der Waals surface area (Å²) in [5.74, 6) is 0. The maximum atomic E-state index is 3.72. The highest BCUT2D eigenvalue weighted by Crippen LogP contribution is 2.22. The second kappa shape index (κ2) is 5.70. The summed E-state index contributed by atoms with van der Waals surface area (Å²) < 4.78 is 0. The van der Waals surface area contributed by atoms with Gasteiger partial charge in [-0.05, 0) is 12.1 Å². The molecule has 16 heavy (non-hydrogen) atoms. The van der Waals surface area contributed by atoms with Crippen molar-refractivity contribution in [3.63, 3.8) is 0 Å². The Balaban J connectivity index is 0.000000138.